The van der Waals surface area contributed by atoms with Crippen molar-refractivity contribution in [1.29, 1.82) is 0 Å². The summed E-state index contributed by atoms with van der Waals surface area (Å²) in [5.74, 6) is 6.52. The van der Waals surface area contributed by atoms with Crippen molar-refractivity contribution in [3.05, 3.63) is 35.9 Å². The summed E-state index contributed by atoms with van der Waals surface area (Å²) in [5.41, 5.74) is 0.958. The van der Waals surface area contributed by atoms with Gasteiger partial charge >= 0.3 is 6.03 Å². The lowest BCUT2D eigenvalue weighted by atomic mass is 10.2. The van der Waals surface area contributed by atoms with Crippen LogP contribution in [-0.4, -0.2) is 43.3 Å². The summed E-state index contributed by atoms with van der Waals surface area (Å²) in [6.07, 6.45) is 1.08. The number of urea groups is 1. The van der Waals surface area contributed by atoms with Gasteiger partial charge in [-0.3, -0.25) is 0 Å². The van der Waals surface area contributed by atoms with Gasteiger partial charge in [0.15, 0.2) is 0 Å². The van der Waals surface area contributed by atoms with Crippen LogP contribution in [0.4, 0.5) is 4.79 Å². The third kappa shape index (κ3) is 5.42. The Morgan fingerprint density at radius 1 is 1.41 bits per heavy atom. The van der Waals surface area contributed by atoms with Gasteiger partial charge in [-0.2, -0.15) is 0 Å². The van der Waals surface area contributed by atoms with Crippen LogP contribution in [-0.2, 0) is 4.74 Å². The van der Waals surface area contributed by atoms with Crippen LogP contribution < -0.4 is 5.32 Å². The summed E-state index contributed by atoms with van der Waals surface area (Å²) in [7, 11) is 0. The number of carbonyl (C=O) groups is 1. The molecule has 0 saturated carbocycles. The molecule has 4 heteroatoms. The van der Waals surface area contributed by atoms with Gasteiger partial charge in [-0.25, -0.2) is 4.79 Å². The predicted octanol–water partition coefficient (Wildman–Crippen LogP) is 2.49. The van der Waals surface area contributed by atoms with E-state index < -0.39 is 0 Å². The Morgan fingerprint density at radius 3 is 2.91 bits per heavy atom. The van der Waals surface area contributed by atoms with Crippen molar-refractivity contribution < 1.29 is 9.53 Å². The van der Waals surface area contributed by atoms with Crippen LogP contribution in [0.3, 0.4) is 0 Å². The molecule has 118 valence electrons. The van der Waals surface area contributed by atoms with E-state index in [0.29, 0.717) is 19.0 Å². The molecule has 1 unspecified atom stereocenters. The second kappa shape index (κ2) is 8.45. The van der Waals surface area contributed by atoms with E-state index in [4.69, 9.17) is 4.74 Å². The zero-order chi connectivity index (χ0) is 15.8. The first-order valence-electron chi connectivity index (χ1n) is 7.83. The van der Waals surface area contributed by atoms with Crippen molar-refractivity contribution in [2.45, 2.75) is 26.4 Å². The molecule has 0 bridgehead atoms. The number of benzene rings is 1. The highest BCUT2D eigenvalue weighted by Crippen LogP contribution is 2.13. The summed E-state index contributed by atoms with van der Waals surface area (Å²) in [6.45, 7) is 6.80. The molecule has 1 atom stereocenters. The number of rotatable bonds is 4. The number of nitrogens with one attached hydrogen (secondary N) is 1. The van der Waals surface area contributed by atoms with E-state index >= 15 is 0 Å². The van der Waals surface area contributed by atoms with Crippen molar-refractivity contribution in [2.24, 2.45) is 5.92 Å². The Hall–Kier alpha value is -1.99. The molecule has 4 nitrogen and oxygen atoms in total. The fourth-order valence-corrected chi connectivity index (χ4v) is 2.28. The number of ether oxygens (including phenoxy) is 1. The summed E-state index contributed by atoms with van der Waals surface area (Å²) in [6, 6.07) is 9.70. The van der Waals surface area contributed by atoms with E-state index in [1.54, 1.807) is 4.90 Å². The number of carbonyl (C=O) groups excluding carboxylic acids is 1. The molecule has 1 aromatic rings. The Labute approximate surface area is 132 Å². The van der Waals surface area contributed by atoms with Crippen molar-refractivity contribution in [3.63, 3.8) is 0 Å². The summed E-state index contributed by atoms with van der Waals surface area (Å²) in [5, 5.41) is 2.84. The van der Waals surface area contributed by atoms with Gasteiger partial charge in [0.2, 0.25) is 0 Å². The molecule has 0 radical (unpaired) electrons. The number of hydrogen-bond donors (Lipinski definition) is 1. The summed E-state index contributed by atoms with van der Waals surface area (Å²) >= 11 is 0. The minimum atomic E-state index is -0.0574. The maximum atomic E-state index is 12.0. The van der Waals surface area contributed by atoms with Crippen LogP contribution in [0.15, 0.2) is 30.3 Å². The highest BCUT2D eigenvalue weighted by Gasteiger charge is 2.26. The third-order valence-electron chi connectivity index (χ3n) is 3.43. The first kappa shape index (κ1) is 16.4. The normalized spacial score (nSPS) is 17.2. The third-order valence-corrected chi connectivity index (χ3v) is 3.43. The van der Waals surface area contributed by atoms with Gasteiger partial charge in [-0.05, 0) is 24.5 Å². The molecule has 2 rings (SSSR count). The van der Waals surface area contributed by atoms with Gasteiger partial charge in [-0.1, -0.05) is 43.9 Å². The number of likely N-dealkylation sites (tertiary alicyclic amines) is 1. The molecular formula is C18H24N2O2. The second-order valence-electron chi connectivity index (χ2n) is 5.91. The van der Waals surface area contributed by atoms with Gasteiger partial charge < -0.3 is 15.0 Å². The molecular weight excluding hydrogens is 276 g/mol. The van der Waals surface area contributed by atoms with Gasteiger partial charge in [-0.15, -0.1) is 0 Å². The molecule has 0 aliphatic carbocycles. The molecule has 1 heterocycles. The average Bonchev–Trinajstić information content (AvgIpc) is 2.99. The monoisotopic (exact) mass is 300 g/mol. The predicted molar refractivity (Wildman–Crippen MR) is 87.5 cm³/mol. The molecule has 1 N–H and O–H groups in total. The standard InChI is InChI=1S/C18H24N2O2/c1-15(2)14-22-17-10-12-20(13-17)18(21)19-11-6-9-16-7-4-3-5-8-16/h3-5,7-8,15,17H,10-14H2,1-2H3,(H,19,21). The average molecular weight is 300 g/mol. The van der Waals surface area contributed by atoms with Crippen molar-refractivity contribution in [3.8, 4) is 11.8 Å². The van der Waals surface area contributed by atoms with Crippen LogP contribution in [0.1, 0.15) is 25.8 Å². The first-order chi connectivity index (χ1) is 10.6. The van der Waals surface area contributed by atoms with E-state index in [1.807, 2.05) is 30.3 Å². The van der Waals surface area contributed by atoms with Crippen LogP contribution in [0, 0.1) is 17.8 Å². The Bertz CT molecular complexity index is 531. The Morgan fingerprint density at radius 2 is 2.18 bits per heavy atom. The van der Waals surface area contributed by atoms with Crippen molar-refractivity contribution >= 4 is 6.03 Å². The molecule has 0 aromatic heterocycles. The topological polar surface area (TPSA) is 41.6 Å². The molecule has 1 fully saturated rings. The summed E-state index contributed by atoms with van der Waals surface area (Å²) < 4.78 is 5.78. The fraction of sp³-hybridized carbons (Fsp3) is 0.500. The van der Waals surface area contributed by atoms with Gasteiger partial charge in [0.25, 0.3) is 0 Å². The van der Waals surface area contributed by atoms with E-state index in [2.05, 4.69) is 31.0 Å². The second-order valence-corrected chi connectivity index (χ2v) is 5.91. The van der Waals surface area contributed by atoms with Crippen molar-refractivity contribution in [2.75, 3.05) is 26.2 Å². The smallest absolute Gasteiger partial charge is 0.318 e. The first-order valence-corrected chi connectivity index (χ1v) is 7.83. The summed E-state index contributed by atoms with van der Waals surface area (Å²) in [4.78, 5) is 13.8. The number of nitrogens with zero attached hydrogens (tertiary/aromatic N) is 1. The Kier molecular flexibility index (Phi) is 6.29. The van der Waals surface area contributed by atoms with Crippen LogP contribution in [0.25, 0.3) is 0 Å². The van der Waals surface area contributed by atoms with Crippen molar-refractivity contribution in [1.82, 2.24) is 10.2 Å². The zero-order valence-corrected chi connectivity index (χ0v) is 13.3. The molecule has 1 saturated heterocycles. The van der Waals surface area contributed by atoms with E-state index in [1.165, 1.54) is 0 Å². The van der Waals surface area contributed by atoms with Gasteiger partial charge in [0.05, 0.1) is 12.6 Å². The van der Waals surface area contributed by atoms with Gasteiger partial charge in [0, 0.05) is 25.3 Å². The van der Waals surface area contributed by atoms with Crippen LogP contribution in [0.5, 0.6) is 0 Å². The lowest BCUT2D eigenvalue weighted by Crippen LogP contribution is -2.39. The molecule has 1 aromatic carbocycles. The fourth-order valence-electron chi connectivity index (χ4n) is 2.28. The van der Waals surface area contributed by atoms with Gasteiger partial charge in [0.1, 0.15) is 0 Å². The lowest BCUT2D eigenvalue weighted by Gasteiger charge is -2.17. The largest absolute Gasteiger partial charge is 0.376 e. The highest BCUT2D eigenvalue weighted by atomic mass is 16.5. The molecule has 0 spiro atoms. The van der Waals surface area contributed by atoms with E-state index in [0.717, 1.165) is 25.1 Å². The molecule has 1 aliphatic heterocycles. The maximum absolute atomic E-state index is 12.0. The van der Waals surface area contributed by atoms with Crippen LogP contribution >= 0.6 is 0 Å². The maximum Gasteiger partial charge on any atom is 0.318 e. The molecule has 1 aliphatic rings. The number of amides is 2. The minimum absolute atomic E-state index is 0.0574. The SMILES string of the molecule is CC(C)COC1CCN(C(=O)NCC#Cc2ccccc2)C1. The van der Waals surface area contributed by atoms with E-state index in [-0.39, 0.29) is 12.1 Å². The Balaban J connectivity index is 1.69. The zero-order valence-electron chi connectivity index (χ0n) is 13.3. The number of hydrogen-bond acceptors (Lipinski definition) is 2. The van der Waals surface area contributed by atoms with Crippen LogP contribution in [0.2, 0.25) is 0 Å². The molecule has 22 heavy (non-hydrogen) atoms. The molecule has 2 amide bonds. The minimum Gasteiger partial charge on any atom is -0.376 e. The van der Waals surface area contributed by atoms with E-state index in [9.17, 15) is 4.79 Å². The quantitative estimate of drug-likeness (QED) is 0.868. The highest BCUT2D eigenvalue weighted by molar-refractivity contribution is 5.74. The lowest BCUT2D eigenvalue weighted by molar-refractivity contribution is 0.0436.